The lowest BCUT2D eigenvalue weighted by atomic mass is 9.98. The number of anilines is 1. The van der Waals surface area contributed by atoms with E-state index in [-0.39, 0.29) is 24.5 Å². The first-order valence-corrected chi connectivity index (χ1v) is 8.59. The molecule has 0 aliphatic carbocycles. The fourth-order valence-corrected chi connectivity index (χ4v) is 2.98. The Balaban J connectivity index is 2.00. The van der Waals surface area contributed by atoms with Crippen LogP contribution in [0.5, 0.6) is 0 Å². The summed E-state index contributed by atoms with van der Waals surface area (Å²) >= 11 is 0. The summed E-state index contributed by atoms with van der Waals surface area (Å²) in [4.78, 5) is 26.2. The van der Waals surface area contributed by atoms with Crippen LogP contribution in [0.15, 0.2) is 42.5 Å². The highest BCUT2D eigenvalue weighted by Crippen LogP contribution is 2.29. The van der Waals surface area contributed by atoms with Gasteiger partial charge in [-0.2, -0.15) is 0 Å². The molecule has 1 aliphatic rings. The Hall–Kier alpha value is -2.92. The summed E-state index contributed by atoms with van der Waals surface area (Å²) < 4.78 is 0. The predicted molar refractivity (Wildman–Crippen MR) is 103 cm³/mol. The summed E-state index contributed by atoms with van der Waals surface area (Å²) in [5, 5.41) is 11.8. The van der Waals surface area contributed by atoms with Crippen LogP contribution in [-0.2, 0) is 11.3 Å². The van der Waals surface area contributed by atoms with Crippen molar-refractivity contribution in [3.8, 4) is 0 Å². The Kier molecular flexibility index (Phi) is 5.19. The molecule has 0 aromatic heterocycles. The van der Waals surface area contributed by atoms with Crippen molar-refractivity contribution in [2.24, 2.45) is 0 Å². The number of aliphatic hydroxyl groups excluding tert-OH is 1. The fraction of sp³-hybridized carbons (Fsp3) is 0.238. The van der Waals surface area contributed by atoms with Crippen molar-refractivity contribution < 1.29 is 14.7 Å². The van der Waals surface area contributed by atoms with Crippen molar-refractivity contribution in [1.82, 2.24) is 5.32 Å². The number of nitrogens with one attached hydrogen (secondary N) is 1. The maximum atomic E-state index is 12.3. The van der Waals surface area contributed by atoms with Gasteiger partial charge in [-0.25, -0.2) is 0 Å². The van der Waals surface area contributed by atoms with E-state index in [9.17, 15) is 9.59 Å². The van der Waals surface area contributed by atoms with E-state index < -0.39 is 0 Å². The zero-order valence-electron chi connectivity index (χ0n) is 14.9. The molecule has 5 heteroatoms. The largest absolute Gasteiger partial charge is 0.394 e. The molecule has 0 fully saturated rings. The second kappa shape index (κ2) is 7.54. The standard InChI is InChI=1S/C21H22N2O3/c1-14(13-24)22-21(26)18-9-10-19-12-23(15(2)25)20-6-4-3-5-16(20)7-8-17(19)11-18/h3-11,14,24H,12-13H2,1-2H3,(H,22,26)/b8-7-. The zero-order valence-corrected chi connectivity index (χ0v) is 14.9. The van der Waals surface area contributed by atoms with Gasteiger partial charge in [-0.05, 0) is 41.8 Å². The lowest BCUT2D eigenvalue weighted by molar-refractivity contribution is -0.116. The van der Waals surface area contributed by atoms with Crippen LogP contribution >= 0.6 is 0 Å². The van der Waals surface area contributed by atoms with Crippen molar-refractivity contribution >= 4 is 29.7 Å². The molecule has 5 nitrogen and oxygen atoms in total. The van der Waals surface area contributed by atoms with Crippen LogP contribution < -0.4 is 10.2 Å². The van der Waals surface area contributed by atoms with Crippen LogP contribution in [0.1, 0.15) is 40.9 Å². The number of aliphatic hydroxyl groups is 1. The number of benzene rings is 2. The molecular weight excluding hydrogens is 328 g/mol. The second-order valence-electron chi connectivity index (χ2n) is 6.47. The van der Waals surface area contributed by atoms with Gasteiger partial charge in [0.05, 0.1) is 18.8 Å². The average Bonchev–Trinajstić information content (AvgIpc) is 2.62. The molecule has 2 aromatic rings. The summed E-state index contributed by atoms with van der Waals surface area (Å²) in [6.45, 7) is 3.63. The number of rotatable bonds is 3. The molecule has 134 valence electrons. The number of carbonyl (C=O) groups excluding carboxylic acids is 2. The van der Waals surface area contributed by atoms with Crippen LogP contribution in [0.4, 0.5) is 5.69 Å². The van der Waals surface area contributed by atoms with Gasteiger partial charge in [0.2, 0.25) is 5.91 Å². The minimum absolute atomic E-state index is 0.0303. The third kappa shape index (κ3) is 3.68. The summed E-state index contributed by atoms with van der Waals surface area (Å²) in [6.07, 6.45) is 3.93. The van der Waals surface area contributed by atoms with Crippen molar-refractivity contribution in [1.29, 1.82) is 0 Å². The first-order valence-electron chi connectivity index (χ1n) is 8.59. The van der Waals surface area contributed by atoms with Gasteiger partial charge >= 0.3 is 0 Å². The van der Waals surface area contributed by atoms with Crippen molar-refractivity contribution in [2.75, 3.05) is 11.5 Å². The number of fused-ring (bicyclic) bond motifs is 2. The number of carbonyl (C=O) groups is 2. The van der Waals surface area contributed by atoms with Crippen LogP contribution in [-0.4, -0.2) is 29.6 Å². The SMILES string of the molecule is CC(=O)N1Cc2ccc(C(=O)NC(C)CO)cc2/C=C\c2ccccc21. The van der Waals surface area contributed by atoms with Crippen LogP contribution in [0.2, 0.25) is 0 Å². The fourth-order valence-electron chi connectivity index (χ4n) is 2.98. The number of hydrogen-bond donors (Lipinski definition) is 2. The Labute approximate surface area is 153 Å². The molecule has 1 heterocycles. The molecule has 2 amide bonds. The molecule has 0 bridgehead atoms. The van der Waals surface area contributed by atoms with E-state index in [1.165, 1.54) is 0 Å². The third-order valence-electron chi connectivity index (χ3n) is 4.44. The minimum Gasteiger partial charge on any atom is -0.394 e. The number of para-hydroxylation sites is 1. The molecule has 1 unspecified atom stereocenters. The zero-order chi connectivity index (χ0) is 18.7. The van der Waals surface area contributed by atoms with Crippen LogP contribution in [0, 0.1) is 0 Å². The Morgan fingerprint density at radius 1 is 1.15 bits per heavy atom. The number of amides is 2. The number of hydrogen-bond acceptors (Lipinski definition) is 3. The normalized spacial score (nSPS) is 15.1. The molecule has 0 saturated carbocycles. The van der Waals surface area contributed by atoms with Crippen LogP contribution in [0.3, 0.4) is 0 Å². The van der Waals surface area contributed by atoms with Gasteiger partial charge in [0.25, 0.3) is 5.91 Å². The molecule has 0 saturated heterocycles. The van der Waals surface area contributed by atoms with Crippen molar-refractivity contribution in [2.45, 2.75) is 26.4 Å². The quantitative estimate of drug-likeness (QED) is 0.894. The Morgan fingerprint density at radius 3 is 2.62 bits per heavy atom. The van der Waals surface area contributed by atoms with E-state index in [4.69, 9.17) is 5.11 Å². The molecule has 2 N–H and O–H groups in total. The topological polar surface area (TPSA) is 69.6 Å². The van der Waals surface area contributed by atoms with Gasteiger partial charge in [0, 0.05) is 18.5 Å². The average molecular weight is 350 g/mol. The summed E-state index contributed by atoms with van der Waals surface area (Å²) in [5.41, 5.74) is 4.22. The van der Waals surface area contributed by atoms with Gasteiger partial charge < -0.3 is 15.3 Å². The first kappa shape index (κ1) is 17.9. The molecule has 0 spiro atoms. The highest BCUT2D eigenvalue weighted by atomic mass is 16.3. The van der Waals surface area contributed by atoms with E-state index in [1.54, 1.807) is 24.8 Å². The molecule has 3 rings (SSSR count). The highest BCUT2D eigenvalue weighted by Gasteiger charge is 2.19. The molecule has 2 aromatic carbocycles. The third-order valence-corrected chi connectivity index (χ3v) is 4.44. The van der Waals surface area contributed by atoms with Gasteiger partial charge in [-0.3, -0.25) is 9.59 Å². The van der Waals surface area contributed by atoms with E-state index in [0.717, 1.165) is 22.4 Å². The predicted octanol–water partition coefficient (Wildman–Crippen LogP) is 2.83. The summed E-state index contributed by atoms with van der Waals surface area (Å²) in [5.74, 6) is -0.258. The molecule has 1 atom stereocenters. The van der Waals surface area contributed by atoms with Gasteiger partial charge in [0.15, 0.2) is 0 Å². The molecular formula is C21H22N2O3. The lowest BCUT2D eigenvalue weighted by Crippen LogP contribution is -2.35. The molecule has 1 aliphatic heterocycles. The van der Waals surface area contributed by atoms with E-state index in [2.05, 4.69) is 5.32 Å². The van der Waals surface area contributed by atoms with Gasteiger partial charge in [-0.15, -0.1) is 0 Å². The molecule has 0 radical (unpaired) electrons. The van der Waals surface area contributed by atoms with E-state index in [0.29, 0.717) is 12.1 Å². The Morgan fingerprint density at radius 2 is 1.88 bits per heavy atom. The van der Waals surface area contributed by atoms with E-state index >= 15 is 0 Å². The maximum Gasteiger partial charge on any atom is 0.251 e. The lowest BCUT2D eigenvalue weighted by Gasteiger charge is -2.26. The van der Waals surface area contributed by atoms with Crippen molar-refractivity contribution in [3.05, 3.63) is 64.7 Å². The highest BCUT2D eigenvalue weighted by molar-refractivity contribution is 5.97. The van der Waals surface area contributed by atoms with E-state index in [1.807, 2.05) is 48.6 Å². The van der Waals surface area contributed by atoms with Crippen molar-refractivity contribution in [3.63, 3.8) is 0 Å². The van der Waals surface area contributed by atoms with Gasteiger partial charge in [0.1, 0.15) is 0 Å². The number of nitrogens with zero attached hydrogens (tertiary/aromatic N) is 1. The first-order chi connectivity index (χ1) is 12.5. The molecule has 26 heavy (non-hydrogen) atoms. The van der Waals surface area contributed by atoms with Crippen LogP contribution in [0.25, 0.3) is 12.2 Å². The van der Waals surface area contributed by atoms with Gasteiger partial charge in [-0.1, -0.05) is 36.4 Å². The maximum absolute atomic E-state index is 12.3. The monoisotopic (exact) mass is 350 g/mol. The smallest absolute Gasteiger partial charge is 0.251 e. The summed E-state index contributed by atoms with van der Waals surface area (Å²) in [6, 6.07) is 12.9. The minimum atomic E-state index is -0.305. The second-order valence-corrected chi connectivity index (χ2v) is 6.47. The Bertz CT molecular complexity index is 873. The summed E-state index contributed by atoms with van der Waals surface area (Å²) in [7, 11) is 0.